The summed E-state index contributed by atoms with van der Waals surface area (Å²) in [5, 5.41) is 12.0. The lowest BCUT2D eigenvalue weighted by Crippen LogP contribution is -2.42. The second-order valence-electron chi connectivity index (χ2n) is 5.04. The van der Waals surface area contributed by atoms with E-state index in [0.717, 1.165) is 5.56 Å². The van der Waals surface area contributed by atoms with Crippen LogP contribution in [0.15, 0.2) is 42.5 Å². The minimum Gasteiger partial charge on any atom is -0.481 e. The standard InChI is InChI=1S/C15H15NO4/c17-14(16-8-9-4-2-1-3-5-9)12-10-6-7-11(20-10)13(12)15(18)19/h1-7,10-13H,8H2,(H,16,17)(H,18,19)/t10-,11-,12+,13+/m1/s1. The number of carbonyl (C=O) groups excluding carboxylic acids is 1. The van der Waals surface area contributed by atoms with Gasteiger partial charge in [-0.05, 0) is 5.56 Å². The summed E-state index contributed by atoms with van der Waals surface area (Å²) >= 11 is 0. The monoisotopic (exact) mass is 273 g/mol. The number of hydrogen-bond acceptors (Lipinski definition) is 3. The number of aliphatic carboxylic acids is 1. The van der Waals surface area contributed by atoms with Crippen LogP contribution in [0.2, 0.25) is 0 Å². The van der Waals surface area contributed by atoms with E-state index in [1.54, 1.807) is 12.2 Å². The van der Waals surface area contributed by atoms with Gasteiger partial charge >= 0.3 is 5.97 Å². The van der Waals surface area contributed by atoms with E-state index in [0.29, 0.717) is 6.54 Å². The van der Waals surface area contributed by atoms with Crippen molar-refractivity contribution in [2.45, 2.75) is 18.8 Å². The minimum atomic E-state index is -0.985. The van der Waals surface area contributed by atoms with Crippen molar-refractivity contribution in [1.29, 1.82) is 0 Å². The molecule has 104 valence electrons. The van der Waals surface area contributed by atoms with Gasteiger partial charge in [0.15, 0.2) is 0 Å². The number of fused-ring (bicyclic) bond motifs is 2. The van der Waals surface area contributed by atoms with E-state index in [2.05, 4.69) is 5.32 Å². The van der Waals surface area contributed by atoms with Gasteiger partial charge in [0.25, 0.3) is 0 Å². The van der Waals surface area contributed by atoms with Gasteiger partial charge in [-0.25, -0.2) is 0 Å². The molecule has 1 fully saturated rings. The molecule has 1 aromatic rings. The Labute approximate surface area is 116 Å². The van der Waals surface area contributed by atoms with Crippen molar-refractivity contribution in [3.8, 4) is 0 Å². The average Bonchev–Trinajstić information content (AvgIpc) is 3.06. The first-order valence-corrected chi connectivity index (χ1v) is 6.55. The number of rotatable bonds is 4. The lowest BCUT2D eigenvalue weighted by molar-refractivity contribution is -0.146. The SMILES string of the molecule is O=C(O)[C@@H]1[C@@H](C(=O)NCc2ccccc2)[C@H]2C=C[C@H]1O2. The quantitative estimate of drug-likeness (QED) is 0.801. The molecular weight excluding hydrogens is 258 g/mol. The van der Waals surface area contributed by atoms with Gasteiger partial charge < -0.3 is 15.2 Å². The highest BCUT2D eigenvalue weighted by atomic mass is 16.5. The van der Waals surface area contributed by atoms with Crippen molar-refractivity contribution in [3.05, 3.63) is 48.0 Å². The van der Waals surface area contributed by atoms with Crippen LogP contribution in [-0.4, -0.2) is 29.2 Å². The summed E-state index contributed by atoms with van der Waals surface area (Å²) < 4.78 is 5.48. The van der Waals surface area contributed by atoms with E-state index < -0.39 is 30.0 Å². The van der Waals surface area contributed by atoms with E-state index in [1.165, 1.54) is 0 Å². The zero-order valence-corrected chi connectivity index (χ0v) is 10.7. The highest BCUT2D eigenvalue weighted by Gasteiger charge is 2.53. The first kappa shape index (κ1) is 12.9. The Morgan fingerprint density at radius 2 is 1.75 bits per heavy atom. The van der Waals surface area contributed by atoms with Crippen LogP contribution >= 0.6 is 0 Å². The van der Waals surface area contributed by atoms with Gasteiger partial charge in [0.05, 0.1) is 18.1 Å². The fourth-order valence-corrected chi connectivity index (χ4v) is 2.82. The lowest BCUT2D eigenvalue weighted by Gasteiger charge is -2.20. The number of amides is 1. The number of carboxylic acids is 1. The summed E-state index contributed by atoms with van der Waals surface area (Å²) in [5.74, 6) is -2.69. The Kier molecular flexibility index (Phi) is 3.28. The molecule has 0 aromatic heterocycles. The van der Waals surface area contributed by atoms with Crippen LogP contribution in [0.1, 0.15) is 5.56 Å². The molecule has 0 unspecified atom stereocenters. The highest BCUT2D eigenvalue weighted by Crippen LogP contribution is 2.39. The zero-order valence-electron chi connectivity index (χ0n) is 10.7. The van der Waals surface area contributed by atoms with Crippen LogP contribution in [-0.2, 0) is 20.9 Å². The normalized spacial score (nSPS) is 30.4. The Morgan fingerprint density at radius 3 is 2.40 bits per heavy atom. The van der Waals surface area contributed by atoms with Gasteiger partial charge in [-0.2, -0.15) is 0 Å². The van der Waals surface area contributed by atoms with Crippen molar-refractivity contribution in [2.75, 3.05) is 0 Å². The zero-order chi connectivity index (χ0) is 14.1. The molecule has 0 spiro atoms. The second-order valence-corrected chi connectivity index (χ2v) is 5.04. The molecule has 0 radical (unpaired) electrons. The molecule has 5 nitrogen and oxygen atoms in total. The number of hydrogen-bond donors (Lipinski definition) is 2. The summed E-state index contributed by atoms with van der Waals surface area (Å²) in [5.41, 5.74) is 0.979. The Hall–Kier alpha value is -2.14. The maximum Gasteiger partial charge on any atom is 0.310 e. The van der Waals surface area contributed by atoms with E-state index in [-0.39, 0.29) is 5.91 Å². The highest BCUT2D eigenvalue weighted by molar-refractivity contribution is 5.87. The second kappa shape index (κ2) is 5.09. The van der Waals surface area contributed by atoms with Gasteiger partial charge in [-0.3, -0.25) is 9.59 Å². The van der Waals surface area contributed by atoms with E-state index >= 15 is 0 Å². The van der Waals surface area contributed by atoms with Crippen molar-refractivity contribution in [3.63, 3.8) is 0 Å². The molecule has 1 amide bonds. The van der Waals surface area contributed by atoms with E-state index in [1.807, 2.05) is 30.3 Å². The third-order valence-electron chi connectivity index (χ3n) is 3.80. The lowest BCUT2D eigenvalue weighted by atomic mass is 9.82. The predicted octanol–water partition coefficient (Wildman–Crippen LogP) is 0.957. The fourth-order valence-electron chi connectivity index (χ4n) is 2.82. The van der Waals surface area contributed by atoms with Crippen LogP contribution in [0, 0.1) is 11.8 Å². The molecule has 2 heterocycles. The minimum absolute atomic E-state index is 0.266. The van der Waals surface area contributed by atoms with Crippen molar-refractivity contribution in [2.24, 2.45) is 11.8 Å². The summed E-state index contributed by atoms with van der Waals surface area (Å²) in [6.45, 7) is 0.392. The maximum atomic E-state index is 12.2. The molecule has 2 aliphatic heterocycles. The van der Waals surface area contributed by atoms with E-state index in [4.69, 9.17) is 4.74 Å². The molecule has 2 bridgehead atoms. The molecule has 0 aliphatic carbocycles. The number of ether oxygens (including phenoxy) is 1. The summed E-state index contributed by atoms with van der Waals surface area (Å²) in [4.78, 5) is 23.5. The van der Waals surface area contributed by atoms with Gasteiger partial charge in [-0.1, -0.05) is 42.5 Å². The summed E-state index contributed by atoms with van der Waals surface area (Å²) in [7, 11) is 0. The molecule has 1 saturated heterocycles. The Bertz CT molecular complexity index is 554. The number of carbonyl (C=O) groups is 2. The van der Waals surface area contributed by atoms with Crippen molar-refractivity contribution < 1.29 is 19.4 Å². The Balaban J connectivity index is 1.68. The molecule has 2 N–H and O–H groups in total. The molecule has 0 saturated carbocycles. The number of carboxylic acid groups (broad SMARTS) is 1. The van der Waals surface area contributed by atoms with Gasteiger partial charge in [0, 0.05) is 6.54 Å². The molecule has 5 heteroatoms. The number of nitrogens with one attached hydrogen (secondary N) is 1. The molecule has 3 rings (SSSR count). The largest absolute Gasteiger partial charge is 0.481 e. The van der Waals surface area contributed by atoms with Crippen molar-refractivity contribution in [1.82, 2.24) is 5.32 Å². The van der Waals surface area contributed by atoms with Crippen molar-refractivity contribution >= 4 is 11.9 Å². The van der Waals surface area contributed by atoms with Gasteiger partial charge in [-0.15, -0.1) is 0 Å². The third-order valence-corrected chi connectivity index (χ3v) is 3.80. The molecule has 4 atom stereocenters. The molecule has 20 heavy (non-hydrogen) atoms. The van der Waals surface area contributed by atoms with Crippen LogP contribution < -0.4 is 5.32 Å². The van der Waals surface area contributed by atoms with E-state index in [9.17, 15) is 14.7 Å². The molecule has 2 aliphatic rings. The van der Waals surface area contributed by atoms with Gasteiger partial charge in [0.2, 0.25) is 5.91 Å². The van der Waals surface area contributed by atoms with Crippen LogP contribution in [0.3, 0.4) is 0 Å². The fraction of sp³-hybridized carbons (Fsp3) is 0.333. The van der Waals surface area contributed by atoms with Crippen LogP contribution in [0.25, 0.3) is 0 Å². The first-order chi connectivity index (χ1) is 9.66. The first-order valence-electron chi connectivity index (χ1n) is 6.55. The summed E-state index contributed by atoms with van der Waals surface area (Å²) in [6, 6.07) is 9.51. The van der Waals surface area contributed by atoms with Crippen LogP contribution in [0.5, 0.6) is 0 Å². The predicted molar refractivity (Wildman–Crippen MR) is 70.7 cm³/mol. The van der Waals surface area contributed by atoms with Gasteiger partial charge in [0.1, 0.15) is 5.92 Å². The number of benzene rings is 1. The maximum absolute atomic E-state index is 12.2. The topological polar surface area (TPSA) is 75.6 Å². The third kappa shape index (κ3) is 2.20. The summed E-state index contributed by atoms with van der Waals surface area (Å²) in [6.07, 6.45) is 2.60. The van der Waals surface area contributed by atoms with Crippen LogP contribution in [0.4, 0.5) is 0 Å². The smallest absolute Gasteiger partial charge is 0.310 e. The molecule has 1 aromatic carbocycles. The average molecular weight is 273 g/mol. The Morgan fingerprint density at radius 1 is 1.10 bits per heavy atom. The molecular formula is C15H15NO4.